The minimum absolute atomic E-state index is 0.262. The lowest BCUT2D eigenvalue weighted by Gasteiger charge is -2.15. The maximum atomic E-state index is 9.40. The Morgan fingerprint density at radius 1 is 0.833 bits per heavy atom. The lowest BCUT2D eigenvalue weighted by Crippen LogP contribution is -1.94. The lowest BCUT2D eigenvalue weighted by atomic mass is 10.1. The van der Waals surface area contributed by atoms with Crippen molar-refractivity contribution >= 4 is 0 Å². The second-order valence-corrected chi connectivity index (χ2v) is 4.71. The highest BCUT2D eigenvalue weighted by molar-refractivity contribution is 5.49. The molecule has 0 aliphatic carbocycles. The van der Waals surface area contributed by atoms with Gasteiger partial charge >= 0.3 is 0 Å². The number of benzene rings is 2. The van der Waals surface area contributed by atoms with E-state index in [1.165, 1.54) is 5.56 Å². The van der Waals surface area contributed by atoms with Crippen molar-refractivity contribution in [1.82, 2.24) is 0 Å². The molecule has 0 bridgehead atoms. The van der Waals surface area contributed by atoms with Gasteiger partial charge in [0.2, 0.25) is 0 Å². The first-order chi connectivity index (χ1) is 8.49. The molecule has 2 nitrogen and oxygen atoms in total. The smallest absolute Gasteiger partial charge is 0.133 e. The van der Waals surface area contributed by atoms with Gasteiger partial charge in [0.1, 0.15) is 17.2 Å². The van der Waals surface area contributed by atoms with Crippen LogP contribution in [0.3, 0.4) is 0 Å². The second-order valence-electron chi connectivity index (χ2n) is 4.71. The summed E-state index contributed by atoms with van der Waals surface area (Å²) >= 11 is 0. The van der Waals surface area contributed by atoms with E-state index in [1.54, 1.807) is 18.2 Å². The Labute approximate surface area is 108 Å². The minimum Gasteiger partial charge on any atom is -0.508 e. The summed E-state index contributed by atoms with van der Waals surface area (Å²) in [6.07, 6.45) is 0. The Hall–Kier alpha value is -1.96. The van der Waals surface area contributed by atoms with Crippen LogP contribution in [0.1, 0.15) is 22.3 Å². The Balaban J connectivity index is 2.43. The van der Waals surface area contributed by atoms with Crippen LogP contribution in [-0.4, -0.2) is 5.11 Å². The highest BCUT2D eigenvalue weighted by Crippen LogP contribution is 2.33. The summed E-state index contributed by atoms with van der Waals surface area (Å²) in [7, 11) is 0. The zero-order valence-electron chi connectivity index (χ0n) is 11.2. The molecule has 0 unspecified atom stereocenters. The van der Waals surface area contributed by atoms with E-state index in [-0.39, 0.29) is 5.75 Å². The number of ether oxygens (including phenoxy) is 1. The Morgan fingerprint density at radius 2 is 1.50 bits per heavy atom. The van der Waals surface area contributed by atoms with Crippen LogP contribution in [0.2, 0.25) is 0 Å². The third-order valence-corrected chi connectivity index (χ3v) is 3.24. The molecule has 94 valence electrons. The fourth-order valence-corrected chi connectivity index (χ4v) is 1.94. The molecule has 0 heterocycles. The van der Waals surface area contributed by atoms with Crippen LogP contribution in [0.4, 0.5) is 0 Å². The van der Waals surface area contributed by atoms with E-state index in [0.29, 0.717) is 0 Å². The van der Waals surface area contributed by atoms with Crippen LogP contribution in [-0.2, 0) is 0 Å². The summed E-state index contributed by atoms with van der Waals surface area (Å²) < 4.78 is 6.00. The molecule has 18 heavy (non-hydrogen) atoms. The van der Waals surface area contributed by atoms with Crippen molar-refractivity contribution in [2.24, 2.45) is 0 Å². The van der Waals surface area contributed by atoms with Crippen LogP contribution < -0.4 is 4.74 Å². The SMILES string of the molecule is Cc1cc(O)ccc1Oc1c(C)ccc(C)c1C. The molecule has 0 spiro atoms. The Kier molecular flexibility index (Phi) is 3.28. The summed E-state index contributed by atoms with van der Waals surface area (Å²) in [5.41, 5.74) is 4.41. The van der Waals surface area contributed by atoms with Crippen molar-refractivity contribution in [3.8, 4) is 17.2 Å². The number of aryl methyl sites for hydroxylation is 3. The molecule has 2 aromatic rings. The molecule has 2 heteroatoms. The fourth-order valence-electron chi connectivity index (χ4n) is 1.94. The molecular formula is C16H18O2. The van der Waals surface area contributed by atoms with Gasteiger partial charge in [-0.2, -0.15) is 0 Å². The predicted molar refractivity (Wildman–Crippen MR) is 73.6 cm³/mol. The van der Waals surface area contributed by atoms with Crippen molar-refractivity contribution in [2.75, 3.05) is 0 Å². The fraction of sp³-hybridized carbons (Fsp3) is 0.250. The molecule has 0 radical (unpaired) electrons. The predicted octanol–water partition coefficient (Wildman–Crippen LogP) is 4.42. The van der Waals surface area contributed by atoms with E-state index in [1.807, 2.05) is 13.8 Å². The third-order valence-electron chi connectivity index (χ3n) is 3.24. The molecule has 2 aromatic carbocycles. The van der Waals surface area contributed by atoms with Gasteiger partial charge in [-0.15, -0.1) is 0 Å². The van der Waals surface area contributed by atoms with Gasteiger partial charge in [0.25, 0.3) is 0 Å². The van der Waals surface area contributed by atoms with Crippen molar-refractivity contribution in [3.63, 3.8) is 0 Å². The van der Waals surface area contributed by atoms with Crippen molar-refractivity contribution < 1.29 is 9.84 Å². The van der Waals surface area contributed by atoms with Crippen molar-refractivity contribution in [1.29, 1.82) is 0 Å². The van der Waals surface area contributed by atoms with Gasteiger partial charge in [-0.25, -0.2) is 0 Å². The van der Waals surface area contributed by atoms with Crippen LogP contribution in [0.15, 0.2) is 30.3 Å². The van der Waals surface area contributed by atoms with Gasteiger partial charge < -0.3 is 9.84 Å². The highest BCUT2D eigenvalue weighted by atomic mass is 16.5. The van der Waals surface area contributed by atoms with E-state index in [9.17, 15) is 5.11 Å². The Bertz CT molecular complexity index is 586. The van der Waals surface area contributed by atoms with Gasteiger partial charge in [-0.3, -0.25) is 0 Å². The van der Waals surface area contributed by atoms with E-state index in [2.05, 4.69) is 26.0 Å². The zero-order chi connectivity index (χ0) is 13.3. The molecule has 0 saturated carbocycles. The first-order valence-corrected chi connectivity index (χ1v) is 6.03. The third kappa shape index (κ3) is 2.33. The standard InChI is InChI=1S/C16H18O2/c1-10-5-6-11(2)16(13(10)4)18-15-8-7-14(17)9-12(15)3/h5-9,17H,1-4H3. The van der Waals surface area contributed by atoms with E-state index in [4.69, 9.17) is 4.74 Å². The van der Waals surface area contributed by atoms with Gasteiger partial charge in [0.15, 0.2) is 0 Å². The molecule has 0 aliphatic heterocycles. The van der Waals surface area contributed by atoms with Crippen LogP contribution in [0.5, 0.6) is 17.2 Å². The molecule has 0 amide bonds. The molecule has 1 N–H and O–H groups in total. The number of aromatic hydroxyl groups is 1. The molecule has 2 rings (SSSR count). The number of hydrogen-bond donors (Lipinski definition) is 1. The molecule has 0 atom stereocenters. The van der Waals surface area contributed by atoms with Crippen LogP contribution in [0.25, 0.3) is 0 Å². The highest BCUT2D eigenvalue weighted by Gasteiger charge is 2.09. The molecule has 0 aromatic heterocycles. The number of phenolic OH excluding ortho intramolecular Hbond substituents is 1. The minimum atomic E-state index is 0.262. The van der Waals surface area contributed by atoms with Crippen LogP contribution >= 0.6 is 0 Å². The van der Waals surface area contributed by atoms with Crippen molar-refractivity contribution in [2.45, 2.75) is 27.7 Å². The first-order valence-electron chi connectivity index (χ1n) is 6.03. The second kappa shape index (κ2) is 4.73. The number of phenols is 1. The van der Waals surface area contributed by atoms with Gasteiger partial charge in [-0.05, 0) is 68.1 Å². The summed E-state index contributed by atoms with van der Waals surface area (Å²) in [6, 6.07) is 9.30. The summed E-state index contributed by atoms with van der Waals surface area (Å²) in [4.78, 5) is 0. The Morgan fingerprint density at radius 3 is 2.17 bits per heavy atom. The normalized spacial score (nSPS) is 10.4. The average molecular weight is 242 g/mol. The monoisotopic (exact) mass is 242 g/mol. The molecule has 0 saturated heterocycles. The maximum Gasteiger partial charge on any atom is 0.133 e. The summed E-state index contributed by atoms with van der Waals surface area (Å²) in [6.45, 7) is 8.10. The van der Waals surface area contributed by atoms with Crippen LogP contribution in [0, 0.1) is 27.7 Å². The van der Waals surface area contributed by atoms with E-state index in [0.717, 1.165) is 28.2 Å². The van der Waals surface area contributed by atoms with Gasteiger partial charge in [-0.1, -0.05) is 12.1 Å². The number of rotatable bonds is 2. The van der Waals surface area contributed by atoms with E-state index < -0.39 is 0 Å². The molecule has 0 fully saturated rings. The lowest BCUT2D eigenvalue weighted by molar-refractivity contribution is 0.458. The summed E-state index contributed by atoms with van der Waals surface area (Å²) in [5, 5.41) is 9.40. The van der Waals surface area contributed by atoms with Gasteiger partial charge in [0, 0.05) is 0 Å². The first kappa shape index (κ1) is 12.5. The van der Waals surface area contributed by atoms with Gasteiger partial charge in [0.05, 0.1) is 0 Å². The molecular weight excluding hydrogens is 224 g/mol. The van der Waals surface area contributed by atoms with E-state index >= 15 is 0 Å². The maximum absolute atomic E-state index is 9.40. The largest absolute Gasteiger partial charge is 0.508 e. The average Bonchev–Trinajstić information content (AvgIpc) is 2.32. The quantitative estimate of drug-likeness (QED) is 0.844. The summed E-state index contributed by atoms with van der Waals surface area (Å²) in [5.74, 6) is 1.95. The zero-order valence-corrected chi connectivity index (χ0v) is 11.2. The molecule has 0 aliphatic rings. The van der Waals surface area contributed by atoms with Crippen molar-refractivity contribution in [3.05, 3.63) is 52.6 Å². The topological polar surface area (TPSA) is 29.5 Å². The number of hydrogen-bond acceptors (Lipinski definition) is 2.